The molecule has 0 unspecified atom stereocenters. The number of amides is 1. The Hall–Kier alpha value is -3.21. The monoisotopic (exact) mass is 433 g/mol. The normalized spacial score (nSPS) is 11.9. The SMILES string of the molecule is C=CS(=O)(=O)c1cccc(C(=O)Nc2ccc3ccc(S(=O)(=O)O)cc3c2O)c1. The summed E-state index contributed by atoms with van der Waals surface area (Å²) in [7, 11) is -8.20. The van der Waals surface area contributed by atoms with Crippen LogP contribution in [0.5, 0.6) is 5.75 Å². The molecule has 0 radical (unpaired) electrons. The van der Waals surface area contributed by atoms with Gasteiger partial charge < -0.3 is 10.4 Å². The van der Waals surface area contributed by atoms with Crippen LogP contribution < -0.4 is 5.32 Å². The van der Waals surface area contributed by atoms with Crippen molar-refractivity contribution in [1.82, 2.24) is 0 Å². The first-order valence-corrected chi connectivity index (χ1v) is 11.0. The van der Waals surface area contributed by atoms with Crippen molar-refractivity contribution >= 4 is 42.3 Å². The largest absolute Gasteiger partial charge is 0.505 e. The molecule has 0 spiro atoms. The lowest BCUT2D eigenvalue weighted by atomic mass is 10.1. The molecule has 29 heavy (non-hydrogen) atoms. The zero-order valence-corrected chi connectivity index (χ0v) is 16.4. The van der Waals surface area contributed by atoms with Gasteiger partial charge in [0.05, 0.1) is 15.5 Å². The summed E-state index contributed by atoms with van der Waals surface area (Å²) in [5.41, 5.74) is 0.00563. The highest BCUT2D eigenvalue weighted by atomic mass is 32.2. The van der Waals surface area contributed by atoms with Crippen molar-refractivity contribution in [3.8, 4) is 5.75 Å². The van der Waals surface area contributed by atoms with Gasteiger partial charge in [0.1, 0.15) is 5.75 Å². The zero-order valence-electron chi connectivity index (χ0n) is 14.7. The van der Waals surface area contributed by atoms with E-state index in [2.05, 4.69) is 11.9 Å². The van der Waals surface area contributed by atoms with Crippen LogP contribution in [-0.2, 0) is 20.0 Å². The molecule has 0 aliphatic heterocycles. The fraction of sp³-hybridized carbons (Fsp3) is 0. The molecule has 0 fully saturated rings. The summed E-state index contributed by atoms with van der Waals surface area (Å²) in [6.45, 7) is 3.23. The van der Waals surface area contributed by atoms with E-state index in [4.69, 9.17) is 0 Å². The highest BCUT2D eigenvalue weighted by Gasteiger charge is 2.17. The van der Waals surface area contributed by atoms with Gasteiger partial charge >= 0.3 is 0 Å². The number of rotatable bonds is 5. The number of sulfone groups is 1. The van der Waals surface area contributed by atoms with Gasteiger partial charge in [-0.1, -0.05) is 24.8 Å². The summed E-state index contributed by atoms with van der Waals surface area (Å²) in [5.74, 6) is -1.09. The van der Waals surface area contributed by atoms with Crippen LogP contribution in [0.3, 0.4) is 0 Å². The predicted octanol–water partition coefficient (Wildman–Crippen LogP) is 2.96. The van der Waals surface area contributed by atoms with Crippen molar-refractivity contribution in [2.45, 2.75) is 9.79 Å². The molecule has 0 saturated heterocycles. The fourth-order valence-electron chi connectivity index (χ4n) is 2.65. The summed E-state index contributed by atoms with van der Waals surface area (Å²) in [4.78, 5) is 12.0. The maximum atomic E-state index is 12.5. The van der Waals surface area contributed by atoms with E-state index >= 15 is 0 Å². The molecule has 0 aliphatic carbocycles. The predicted molar refractivity (Wildman–Crippen MR) is 107 cm³/mol. The van der Waals surface area contributed by atoms with Gasteiger partial charge in [0, 0.05) is 16.4 Å². The standard InChI is InChI=1S/C19H15NO7S2/c1-2-28(23,24)14-5-3-4-13(10-14)19(22)20-17-9-7-12-6-8-15(29(25,26)27)11-16(12)18(17)21/h2-11,21H,1H2,(H,20,22)(H,25,26,27). The minimum atomic E-state index is -4.47. The Kier molecular flexibility index (Phi) is 5.18. The van der Waals surface area contributed by atoms with E-state index in [0.717, 1.165) is 11.5 Å². The number of fused-ring (bicyclic) bond motifs is 1. The quantitative estimate of drug-likeness (QED) is 0.415. The summed E-state index contributed by atoms with van der Waals surface area (Å²) in [5, 5.41) is 14.3. The lowest BCUT2D eigenvalue weighted by molar-refractivity contribution is 0.102. The average molecular weight is 433 g/mol. The first-order valence-electron chi connectivity index (χ1n) is 8.05. The summed E-state index contributed by atoms with van der Waals surface area (Å²) in [6.07, 6.45) is 0. The Labute approximate surface area is 166 Å². The van der Waals surface area contributed by atoms with Gasteiger partial charge in [0.2, 0.25) is 0 Å². The highest BCUT2D eigenvalue weighted by Crippen LogP contribution is 2.34. The molecule has 0 heterocycles. The second-order valence-electron chi connectivity index (χ2n) is 6.01. The second-order valence-corrected chi connectivity index (χ2v) is 9.33. The van der Waals surface area contributed by atoms with Crippen LogP contribution in [0, 0.1) is 0 Å². The van der Waals surface area contributed by atoms with Gasteiger partial charge in [-0.25, -0.2) is 8.42 Å². The minimum absolute atomic E-state index is 0.0213. The van der Waals surface area contributed by atoms with Crippen LogP contribution in [0.15, 0.2) is 76.4 Å². The van der Waals surface area contributed by atoms with Crippen LogP contribution in [0.25, 0.3) is 10.8 Å². The first-order chi connectivity index (χ1) is 13.5. The number of carbonyl (C=O) groups excluding carboxylic acids is 1. The Morgan fingerprint density at radius 1 is 0.966 bits per heavy atom. The van der Waals surface area contributed by atoms with E-state index in [0.29, 0.717) is 5.39 Å². The molecule has 150 valence electrons. The van der Waals surface area contributed by atoms with Crippen molar-refractivity contribution in [3.63, 3.8) is 0 Å². The average Bonchev–Trinajstić information content (AvgIpc) is 2.69. The summed E-state index contributed by atoms with van der Waals surface area (Å²) < 4.78 is 55.6. The number of anilines is 1. The first kappa shape index (κ1) is 20.5. The molecule has 10 heteroatoms. The molecule has 3 aromatic carbocycles. The Morgan fingerprint density at radius 2 is 1.66 bits per heavy atom. The Balaban J connectivity index is 2.00. The molecular weight excluding hydrogens is 418 g/mol. The number of hydrogen-bond donors (Lipinski definition) is 3. The highest BCUT2D eigenvalue weighted by molar-refractivity contribution is 7.94. The summed E-state index contributed by atoms with van der Waals surface area (Å²) >= 11 is 0. The minimum Gasteiger partial charge on any atom is -0.505 e. The number of nitrogens with one attached hydrogen (secondary N) is 1. The number of hydrogen-bond acceptors (Lipinski definition) is 6. The zero-order chi connectivity index (χ0) is 21.4. The van der Waals surface area contributed by atoms with Crippen molar-refractivity contribution in [2.75, 3.05) is 5.32 Å². The topological polar surface area (TPSA) is 138 Å². The molecule has 3 N–H and O–H groups in total. The number of benzene rings is 3. The smallest absolute Gasteiger partial charge is 0.294 e. The molecule has 3 aromatic rings. The van der Waals surface area contributed by atoms with Gasteiger partial charge in [-0.05, 0) is 41.8 Å². The van der Waals surface area contributed by atoms with Gasteiger partial charge in [-0.15, -0.1) is 0 Å². The number of phenolic OH excluding ortho intramolecular Hbond substituents is 1. The molecular formula is C19H15NO7S2. The van der Waals surface area contributed by atoms with E-state index < -0.39 is 36.5 Å². The molecule has 8 nitrogen and oxygen atoms in total. The second kappa shape index (κ2) is 7.32. The fourth-order valence-corrected chi connectivity index (χ4v) is 3.91. The Bertz CT molecular complexity index is 1360. The molecule has 0 aromatic heterocycles. The van der Waals surface area contributed by atoms with Crippen molar-refractivity contribution < 1.29 is 31.3 Å². The van der Waals surface area contributed by atoms with Gasteiger partial charge in [-0.2, -0.15) is 8.42 Å². The third-order valence-electron chi connectivity index (χ3n) is 4.15. The molecule has 0 aliphatic rings. The maximum absolute atomic E-state index is 12.5. The molecule has 0 bridgehead atoms. The van der Waals surface area contributed by atoms with E-state index in [9.17, 15) is 31.3 Å². The number of carbonyl (C=O) groups is 1. The van der Waals surface area contributed by atoms with E-state index in [1.807, 2.05) is 0 Å². The number of phenols is 1. The van der Waals surface area contributed by atoms with Gasteiger partial charge in [-0.3, -0.25) is 9.35 Å². The van der Waals surface area contributed by atoms with Gasteiger partial charge in [0.25, 0.3) is 16.0 Å². The van der Waals surface area contributed by atoms with Crippen LogP contribution in [0.2, 0.25) is 0 Å². The number of aromatic hydroxyl groups is 1. The molecule has 3 rings (SSSR count). The van der Waals surface area contributed by atoms with Crippen LogP contribution in [-0.4, -0.2) is 32.4 Å². The third-order valence-corrected chi connectivity index (χ3v) is 6.35. The van der Waals surface area contributed by atoms with E-state index in [-0.39, 0.29) is 21.5 Å². The Morgan fingerprint density at radius 3 is 2.31 bits per heavy atom. The molecule has 1 amide bonds. The summed E-state index contributed by atoms with van der Waals surface area (Å²) in [6, 6.07) is 11.9. The van der Waals surface area contributed by atoms with Crippen molar-refractivity contribution in [3.05, 3.63) is 72.1 Å². The van der Waals surface area contributed by atoms with Crippen LogP contribution in [0.1, 0.15) is 10.4 Å². The van der Waals surface area contributed by atoms with Crippen molar-refractivity contribution in [2.24, 2.45) is 0 Å². The lowest BCUT2D eigenvalue weighted by Gasteiger charge is -2.11. The van der Waals surface area contributed by atoms with E-state index in [1.54, 1.807) is 0 Å². The van der Waals surface area contributed by atoms with E-state index in [1.165, 1.54) is 48.5 Å². The van der Waals surface area contributed by atoms with Crippen LogP contribution >= 0.6 is 0 Å². The van der Waals surface area contributed by atoms with Gasteiger partial charge in [0.15, 0.2) is 9.84 Å². The van der Waals surface area contributed by atoms with Crippen LogP contribution in [0.4, 0.5) is 5.69 Å². The van der Waals surface area contributed by atoms with Crippen molar-refractivity contribution in [1.29, 1.82) is 0 Å². The lowest BCUT2D eigenvalue weighted by Crippen LogP contribution is -2.12. The third kappa shape index (κ3) is 4.14. The molecule has 0 saturated carbocycles. The maximum Gasteiger partial charge on any atom is 0.294 e. The molecule has 0 atom stereocenters.